The van der Waals surface area contributed by atoms with Crippen molar-refractivity contribution in [1.82, 2.24) is 0 Å². The summed E-state index contributed by atoms with van der Waals surface area (Å²) in [5, 5.41) is 49.4. The number of allylic oxidation sites excluding steroid dienone is 1. The summed E-state index contributed by atoms with van der Waals surface area (Å²) >= 11 is 5.64. The number of hydrogen-bond acceptors (Lipinski definition) is 8. The van der Waals surface area contributed by atoms with Crippen LogP contribution in [0.25, 0.3) is 0 Å². The molecule has 1 aromatic carbocycles. The van der Waals surface area contributed by atoms with Crippen molar-refractivity contribution in [2.24, 2.45) is 5.92 Å². The Morgan fingerprint density at radius 2 is 1.72 bits per heavy atom. The minimum Gasteiger partial charge on any atom is -0.481 e. The Bertz CT molecular complexity index is 772. The van der Waals surface area contributed by atoms with Gasteiger partial charge >= 0.3 is 17.6 Å². The minimum absolute atomic E-state index is 0.331. The first kappa shape index (κ1) is 19.8. The zero-order chi connectivity index (χ0) is 19.5. The van der Waals surface area contributed by atoms with Crippen molar-refractivity contribution in [2.75, 3.05) is 0 Å². The number of aliphatic carboxylic acids is 1. The predicted octanol–water partition coefficient (Wildman–Crippen LogP) is 2.18. The van der Waals surface area contributed by atoms with Crippen LogP contribution in [0.3, 0.4) is 0 Å². The number of halogens is 1. The largest absolute Gasteiger partial charge is 0.481 e. The van der Waals surface area contributed by atoms with E-state index < -0.39 is 50.8 Å². The summed E-state index contributed by atoms with van der Waals surface area (Å²) in [7, 11) is 0. The zero-order valence-electron chi connectivity index (χ0n) is 12.5. The second-order valence-corrected chi connectivity index (χ2v) is 5.25. The van der Waals surface area contributed by atoms with Crippen molar-refractivity contribution >= 4 is 29.0 Å². The average Bonchev–Trinajstić information content (AvgIpc) is 2.45. The van der Waals surface area contributed by atoms with Gasteiger partial charge in [0.25, 0.3) is 5.69 Å². The van der Waals surface area contributed by atoms with E-state index in [-0.39, 0.29) is 10.6 Å². The first-order valence-electron chi connectivity index (χ1n) is 6.42. The molecular formula is C13H11ClN2O9. The van der Waals surface area contributed by atoms with Crippen LogP contribution in [-0.4, -0.2) is 36.9 Å². The van der Waals surface area contributed by atoms with E-state index in [1.54, 1.807) is 0 Å². The fourth-order valence-electron chi connectivity index (χ4n) is 2.26. The van der Waals surface area contributed by atoms with E-state index in [0.717, 1.165) is 25.1 Å². The second-order valence-electron chi connectivity index (χ2n) is 4.84. The van der Waals surface area contributed by atoms with Crippen LogP contribution in [-0.2, 0) is 9.59 Å². The highest BCUT2D eigenvalue weighted by molar-refractivity contribution is 6.32. The van der Waals surface area contributed by atoms with E-state index in [9.17, 15) is 45.1 Å². The zero-order valence-corrected chi connectivity index (χ0v) is 13.2. The molecule has 0 saturated carbocycles. The van der Waals surface area contributed by atoms with E-state index in [1.165, 1.54) is 0 Å². The number of aliphatic hydroxyl groups excluding tert-OH is 1. The summed E-state index contributed by atoms with van der Waals surface area (Å²) < 4.78 is 0. The predicted molar refractivity (Wildman–Crippen MR) is 81.9 cm³/mol. The van der Waals surface area contributed by atoms with Gasteiger partial charge in [-0.15, -0.1) is 0 Å². The van der Waals surface area contributed by atoms with Crippen molar-refractivity contribution in [1.29, 1.82) is 0 Å². The van der Waals surface area contributed by atoms with Crippen LogP contribution in [0.1, 0.15) is 18.4 Å². The van der Waals surface area contributed by atoms with E-state index >= 15 is 0 Å². The van der Waals surface area contributed by atoms with Gasteiger partial charge in [0.2, 0.25) is 0 Å². The molecule has 0 aliphatic carbocycles. The number of carboxylic acids is 1. The van der Waals surface area contributed by atoms with Gasteiger partial charge in [0, 0.05) is 6.07 Å². The number of carbonyl (C=O) groups is 2. The summed E-state index contributed by atoms with van der Waals surface area (Å²) in [5.74, 6) is -8.71. The number of carboxylic acid groups (broad SMARTS) is 1. The molecule has 1 aromatic rings. The maximum atomic E-state index is 11.7. The van der Waals surface area contributed by atoms with Crippen LogP contribution in [0.4, 0.5) is 5.69 Å². The SMILES string of the molecule is CC(=O)C(C(=O)O)C(C(=C(O)O)[N+](=O)[O-])c1ccc(Cl)c([N+](=O)[O-])c1. The van der Waals surface area contributed by atoms with Crippen LogP contribution < -0.4 is 0 Å². The van der Waals surface area contributed by atoms with Gasteiger partial charge in [0.1, 0.15) is 22.6 Å². The quantitative estimate of drug-likeness (QED) is 0.278. The number of nitrogens with zero attached hydrogens (tertiary/aromatic N) is 2. The molecule has 25 heavy (non-hydrogen) atoms. The number of aliphatic hydroxyl groups is 2. The van der Waals surface area contributed by atoms with Gasteiger partial charge in [-0.3, -0.25) is 29.8 Å². The van der Waals surface area contributed by atoms with E-state index in [0.29, 0.717) is 0 Å². The van der Waals surface area contributed by atoms with Gasteiger partial charge in [0.05, 0.1) is 9.85 Å². The van der Waals surface area contributed by atoms with Crippen molar-refractivity contribution in [3.63, 3.8) is 0 Å². The second kappa shape index (κ2) is 7.57. The molecule has 134 valence electrons. The first-order chi connectivity index (χ1) is 11.5. The molecule has 0 bridgehead atoms. The fourth-order valence-corrected chi connectivity index (χ4v) is 2.44. The van der Waals surface area contributed by atoms with Gasteiger partial charge in [0.15, 0.2) is 0 Å². The van der Waals surface area contributed by atoms with Gasteiger partial charge in [-0.25, -0.2) is 0 Å². The Kier molecular flexibility index (Phi) is 6.01. The molecule has 0 spiro atoms. The van der Waals surface area contributed by atoms with E-state index in [1.807, 2.05) is 0 Å². The molecule has 1 rings (SSSR count). The molecule has 2 atom stereocenters. The molecule has 0 radical (unpaired) electrons. The van der Waals surface area contributed by atoms with Crippen molar-refractivity contribution < 1.29 is 34.8 Å². The average molecular weight is 375 g/mol. The summed E-state index contributed by atoms with van der Waals surface area (Å²) in [6.07, 6.45) is 0. The molecular weight excluding hydrogens is 364 g/mol. The Morgan fingerprint density at radius 1 is 1.16 bits per heavy atom. The number of rotatable bonds is 7. The third-order valence-electron chi connectivity index (χ3n) is 3.28. The summed E-state index contributed by atoms with van der Waals surface area (Å²) in [6.45, 7) is 0.835. The van der Waals surface area contributed by atoms with E-state index in [2.05, 4.69) is 0 Å². The molecule has 0 aliphatic heterocycles. The molecule has 0 fully saturated rings. The lowest BCUT2D eigenvalue weighted by molar-refractivity contribution is -0.436. The van der Waals surface area contributed by atoms with Crippen molar-refractivity contribution in [3.8, 4) is 0 Å². The molecule has 2 unspecified atom stereocenters. The number of nitro groups is 2. The molecule has 11 nitrogen and oxygen atoms in total. The lowest BCUT2D eigenvalue weighted by Gasteiger charge is -2.20. The monoisotopic (exact) mass is 374 g/mol. The molecule has 12 heteroatoms. The maximum Gasteiger partial charge on any atom is 0.351 e. The lowest BCUT2D eigenvalue weighted by Crippen LogP contribution is -2.32. The number of Topliss-reactive ketones (excluding diaryl/α,β-unsaturated/α-hetero) is 1. The van der Waals surface area contributed by atoms with Gasteiger partial charge in [-0.05, 0) is 18.6 Å². The third kappa shape index (κ3) is 4.20. The van der Waals surface area contributed by atoms with Crippen LogP contribution in [0.15, 0.2) is 29.8 Å². The van der Waals surface area contributed by atoms with Crippen molar-refractivity contribution in [3.05, 3.63) is 60.7 Å². The fraction of sp³-hybridized carbons (Fsp3) is 0.231. The normalized spacial score (nSPS) is 12.7. The van der Waals surface area contributed by atoms with Crippen LogP contribution >= 0.6 is 11.6 Å². The standard InChI is InChI=1S/C13H11ClN2O9/c1-5(17)9(12(18)19)10(11(13(20)21)16(24)25)6-2-3-7(14)8(4-6)15(22)23/h2-4,9-10,20-21H,1H3,(H,18,19). The van der Waals surface area contributed by atoms with E-state index in [4.69, 9.17) is 11.6 Å². The Balaban J connectivity index is 3.79. The number of hydrogen-bond donors (Lipinski definition) is 3. The highest BCUT2D eigenvalue weighted by atomic mass is 35.5. The summed E-state index contributed by atoms with van der Waals surface area (Å²) in [6, 6.07) is 2.73. The lowest BCUT2D eigenvalue weighted by atomic mass is 9.81. The summed E-state index contributed by atoms with van der Waals surface area (Å²) in [4.78, 5) is 43.0. The van der Waals surface area contributed by atoms with Gasteiger partial charge < -0.3 is 15.3 Å². The Labute approximate surface area is 144 Å². The number of benzene rings is 1. The Hall–Kier alpha value is -3.21. The Morgan fingerprint density at radius 3 is 2.08 bits per heavy atom. The van der Waals surface area contributed by atoms with Gasteiger partial charge in [-0.2, -0.15) is 0 Å². The summed E-state index contributed by atoms with van der Waals surface area (Å²) in [5.41, 5.74) is -2.46. The maximum absolute atomic E-state index is 11.7. The molecule has 0 aliphatic rings. The molecule has 0 saturated heterocycles. The number of ketones is 1. The highest BCUT2D eigenvalue weighted by Crippen LogP contribution is 2.37. The van der Waals surface area contributed by atoms with Crippen molar-refractivity contribution in [2.45, 2.75) is 12.8 Å². The number of nitro benzene ring substituents is 1. The third-order valence-corrected chi connectivity index (χ3v) is 3.60. The topological polar surface area (TPSA) is 181 Å². The number of carbonyl (C=O) groups excluding carboxylic acids is 1. The first-order valence-corrected chi connectivity index (χ1v) is 6.80. The molecule has 0 aromatic heterocycles. The van der Waals surface area contributed by atoms with Gasteiger partial charge in [-0.1, -0.05) is 17.7 Å². The smallest absolute Gasteiger partial charge is 0.351 e. The van der Waals surface area contributed by atoms with Crippen LogP contribution in [0.2, 0.25) is 5.02 Å². The molecule has 0 amide bonds. The highest BCUT2D eigenvalue weighted by Gasteiger charge is 2.45. The van der Waals surface area contributed by atoms with Crippen LogP contribution in [0, 0.1) is 26.1 Å². The minimum atomic E-state index is -2.09. The van der Waals surface area contributed by atoms with Crippen LogP contribution in [0.5, 0.6) is 0 Å². The molecule has 3 N–H and O–H groups in total. The molecule has 0 heterocycles.